The van der Waals surface area contributed by atoms with Crippen molar-refractivity contribution in [2.75, 3.05) is 6.61 Å². The number of thiophene rings is 1. The van der Waals surface area contributed by atoms with Gasteiger partial charge in [-0.1, -0.05) is 12.8 Å². The van der Waals surface area contributed by atoms with Crippen molar-refractivity contribution in [3.8, 4) is 11.5 Å². The van der Waals surface area contributed by atoms with E-state index < -0.39 is 0 Å². The standard InChI is InChI=1S/C15H20N2O2S/c1-11-13(8-16-15(10-18)5-2-3-6-15)17-14(19-11)12-4-7-20-9-12/h4,7,9,16,18H,2-3,5-6,8,10H2,1H3. The summed E-state index contributed by atoms with van der Waals surface area (Å²) in [5.74, 6) is 1.54. The molecule has 0 unspecified atom stereocenters. The molecule has 2 heterocycles. The molecule has 0 atom stereocenters. The Morgan fingerprint density at radius 3 is 2.90 bits per heavy atom. The molecule has 0 spiro atoms. The predicted molar refractivity (Wildman–Crippen MR) is 79.7 cm³/mol. The topological polar surface area (TPSA) is 58.3 Å². The van der Waals surface area contributed by atoms with Crippen molar-refractivity contribution in [3.05, 3.63) is 28.3 Å². The number of aliphatic hydroxyl groups is 1. The molecule has 0 amide bonds. The van der Waals surface area contributed by atoms with Gasteiger partial charge in [-0.2, -0.15) is 11.3 Å². The Balaban J connectivity index is 1.72. The number of rotatable bonds is 5. The van der Waals surface area contributed by atoms with Crippen molar-refractivity contribution in [2.45, 2.75) is 44.7 Å². The summed E-state index contributed by atoms with van der Waals surface area (Å²) >= 11 is 1.64. The fraction of sp³-hybridized carbons (Fsp3) is 0.533. The highest BCUT2D eigenvalue weighted by Gasteiger charge is 2.32. The van der Waals surface area contributed by atoms with Gasteiger partial charge < -0.3 is 14.8 Å². The quantitative estimate of drug-likeness (QED) is 0.889. The number of aliphatic hydroxyl groups excluding tert-OH is 1. The van der Waals surface area contributed by atoms with E-state index in [9.17, 15) is 5.11 Å². The molecule has 3 rings (SSSR count). The van der Waals surface area contributed by atoms with Gasteiger partial charge >= 0.3 is 0 Å². The first-order chi connectivity index (χ1) is 9.72. The smallest absolute Gasteiger partial charge is 0.227 e. The van der Waals surface area contributed by atoms with Crippen molar-refractivity contribution < 1.29 is 9.52 Å². The number of oxazole rings is 1. The Kier molecular flexibility index (Phi) is 3.92. The molecule has 0 aromatic carbocycles. The summed E-state index contributed by atoms with van der Waals surface area (Å²) in [7, 11) is 0. The van der Waals surface area contributed by atoms with Gasteiger partial charge in [0.1, 0.15) is 5.76 Å². The summed E-state index contributed by atoms with van der Waals surface area (Å²) in [6.45, 7) is 2.79. The lowest BCUT2D eigenvalue weighted by Crippen LogP contribution is -2.45. The van der Waals surface area contributed by atoms with E-state index in [0.717, 1.165) is 29.9 Å². The Morgan fingerprint density at radius 2 is 2.25 bits per heavy atom. The van der Waals surface area contributed by atoms with Crippen molar-refractivity contribution in [2.24, 2.45) is 0 Å². The molecule has 1 fully saturated rings. The summed E-state index contributed by atoms with van der Waals surface area (Å²) in [4.78, 5) is 4.57. The van der Waals surface area contributed by atoms with Crippen LogP contribution in [0.3, 0.4) is 0 Å². The van der Waals surface area contributed by atoms with Crippen LogP contribution < -0.4 is 5.32 Å². The third-order valence-corrected chi connectivity index (χ3v) is 4.84. The molecule has 5 heteroatoms. The molecule has 1 aliphatic rings. The van der Waals surface area contributed by atoms with Crippen molar-refractivity contribution in [1.82, 2.24) is 10.3 Å². The van der Waals surface area contributed by atoms with Gasteiger partial charge in [-0.25, -0.2) is 4.98 Å². The number of nitrogens with one attached hydrogen (secondary N) is 1. The zero-order chi connectivity index (χ0) is 14.0. The molecule has 0 aliphatic heterocycles. The number of hydrogen-bond donors (Lipinski definition) is 2. The minimum Gasteiger partial charge on any atom is -0.441 e. The Hall–Kier alpha value is -1.17. The van der Waals surface area contributed by atoms with Crippen LogP contribution in [0.4, 0.5) is 0 Å². The molecule has 1 aliphatic carbocycles. The second kappa shape index (κ2) is 5.68. The van der Waals surface area contributed by atoms with Gasteiger partial charge in [0.25, 0.3) is 0 Å². The Bertz CT molecular complexity index is 556. The molecule has 0 bridgehead atoms. The molecule has 20 heavy (non-hydrogen) atoms. The van der Waals surface area contributed by atoms with Crippen LogP contribution in [0.25, 0.3) is 11.5 Å². The molecule has 1 saturated carbocycles. The number of hydrogen-bond acceptors (Lipinski definition) is 5. The summed E-state index contributed by atoms with van der Waals surface area (Å²) in [5, 5.41) is 17.2. The van der Waals surface area contributed by atoms with Gasteiger partial charge in [-0.15, -0.1) is 0 Å². The van der Waals surface area contributed by atoms with Crippen LogP contribution in [0.2, 0.25) is 0 Å². The van der Waals surface area contributed by atoms with Crippen LogP contribution in [-0.4, -0.2) is 22.2 Å². The van der Waals surface area contributed by atoms with E-state index in [1.807, 2.05) is 23.8 Å². The van der Waals surface area contributed by atoms with Gasteiger partial charge in [0.15, 0.2) is 0 Å². The van der Waals surface area contributed by atoms with Crippen LogP contribution in [0.1, 0.15) is 37.1 Å². The first-order valence-corrected chi connectivity index (χ1v) is 8.01. The highest BCUT2D eigenvalue weighted by atomic mass is 32.1. The van der Waals surface area contributed by atoms with Gasteiger partial charge in [0, 0.05) is 23.0 Å². The van der Waals surface area contributed by atoms with E-state index in [2.05, 4.69) is 10.3 Å². The zero-order valence-corrected chi connectivity index (χ0v) is 12.5. The molecular weight excluding hydrogens is 272 g/mol. The lowest BCUT2D eigenvalue weighted by molar-refractivity contribution is 0.162. The SMILES string of the molecule is Cc1oc(-c2ccsc2)nc1CNC1(CO)CCCC1. The maximum atomic E-state index is 9.61. The fourth-order valence-corrected chi connectivity index (χ4v) is 3.45. The molecule has 2 aromatic rings. The normalized spacial score (nSPS) is 17.7. The summed E-state index contributed by atoms with van der Waals surface area (Å²) < 4.78 is 5.73. The zero-order valence-electron chi connectivity index (χ0n) is 11.7. The van der Waals surface area contributed by atoms with Crippen molar-refractivity contribution in [3.63, 3.8) is 0 Å². The monoisotopic (exact) mass is 292 g/mol. The van der Waals surface area contributed by atoms with Crippen molar-refractivity contribution >= 4 is 11.3 Å². The van der Waals surface area contributed by atoms with E-state index in [1.165, 1.54) is 12.8 Å². The molecule has 2 N–H and O–H groups in total. The van der Waals surface area contributed by atoms with Gasteiger partial charge in [0.05, 0.1) is 12.3 Å². The van der Waals surface area contributed by atoms with Gasteiger partial charge in [-0.3, -0.25) is 0 Å². The van der Waals surface area contributed by atoms with E-state index in [0.29, 0.717) is 12.4 Å². The number of aryl methyl sites for hydroxylation is 1. The molecule has 0 saturated heterocycles. The van der Waals surface area contributed by atoms with E-state index in [4.69, 9.17) is 4.42 Å². The van der Waals surface area contributed by atoms with Crippen LogP contribution in [0.5, 0.6) is 0 Å². The molecular formula is C15H20N2O2S. The lowest BCUT2D eigenvalue weighted by Gasteiger charge is -2.27. The number of aromatic nitrogens is 1. The minimum absolute atomic E-state index is 0.117. The van der Waals surface area contributed by atoms with E-state index >= 15 is 0 Å². The minimum atomic E-state index is -0.117. The average Bonchev–Trinajstić information content (AvgIpc) is 3.18. The van der Waals surface area contributed by atoms with Crippen LogP contribution >= 0.6 is 11.3 Å². The van der Waals surface area contributed by atoms with Crippen LogP contribution in [0.15, 0.2) is 21.2 Å². The van der Waals surface area contributed by atoms with Crippen LogP contribution in [0, 0.1) is 6.92 Å². The maximum Gasteiger partial charge on any atom is 0.227 e. The first kappa shape index (κ1) is 13.8. The van der Waals surface area contributed by atoms with Crippen molar-refractivity contribution in [1.29, 1.82) is 0 Å². The van der Waals surface area contributed by atoms with Gasteiger partial charge in [0.2, 0.25) is 5.89 Å². The van der Waals surface area contributed by atoms with Crippen LogP contribution in [-0.2, 0) is 6.54 Å². The summed E-state index contributed by atoms with van der Waals surface area (Å²) in [5.41, 5.74) is 1.85. The van der Waals surface area contributed by atoms with E-state index in [-0.39, 0.29) is 12.1 Å². The summed E-state index contributed by atoms with van der Waals surface area (Å²) in [6, 6.07) is 2.01. The van der Waals surface area contributed by atoms with Gasteiger partial charge in [-0.05, 0) is 31.2 Å². The highest BCUT2D eigenvalue weighted by Crippen LogP contribution is 2.30. The highest BCUT2D eigenvalue weighted by molar-refractivity contribution is 7.08. The fourth-order valence-electron chi connectivity index (χ4n) is 2.82. The average molecular weight is 292 g/mol. The maximum absolute atomic E-state index is 9.61. The lowest BCUT2D eigenvalue weighted by atomic mass is 9.99. The third-order valence-electron chi connectivity index (χ3n) is 4.15. The predicted octanol–water partition coefficient (Wildman–Crippen LogP) is 3.11. The second-order valence-corrected chi connectivity index (χ2v) is 6.31. The largest absolute Gasteiger partial charge is 0.441 e. The first-order valence-electron chi connectivity index (χ1n) is 7.07. The van der Waals surface area contributed by atoms with E-state index in [1.54, 1.807) is 11.3 Å². The third kappa shape index (κ3) is 2.66. The molecule has 108 valence electrons. The Labute approximate surface area is 122 Å². The summed E-state index contributed by atoms with van der Waals surface area (Å²) in [6.07, 6.45) is 4.45. The molecule has 2 aromatic heterocycles. The molecule has 4 nitrogen and oxygen atoms in total. The second-order valence-electron chi connectivity index (χ2n) is 5.53. The number of nitrogens with zero attached hydrogens (tertiary/aromatic N) is 1. The molecule has 0 radical (unpaired) electrons. The Morgan fingerprint density at radius 1 is 1.45 bits per heavy atom.